The van der Waals surface area contributed by atoms with Gasteiger partial charge in [0, 0.05) is 0 Å². The molecule has 0 atom stereocenters. The molecule has 0 heterocycles. The first-order chi connectivity index (χ1) is 10.5. The standard InChI is InChI=1S/C17H27O4P/c1-2-3-14-4-6-15(7-5-14)16-8-10-17(11-9-16)21-12-13-22(18,19)20/h8-11,14-15H,2-7,12-13H2,1H3,(H2,18,19,20). The fourth-order valence-corrected chi connectivity index (χ4v) is 3.64. The first-order valence-corrected chi connectivity index (χ1v) is 10.0. The van der Waals surface area contributed by atoms with Crippen molar-refractivity contribution in [2.45, 2.75) is 51.4 Å². The summed E-state index contributed by atoms with van der Waals surface area (Å²) in [6.45, 7) is 2.31. The third-order valence-electron chi connectivity index (χ3n) is 4.55. The molecule has 1 aromatic rings. The van der Waals surface area contributed by atoms with E-state index in [1.54, 1.807) is 0 Å². The van der Waals surface area contributed by atoms with Crippen molar-refractivity contribution in [2.24, 2.45) is 5.92 Å². The minimum absolute atomic E-state index is 0.0474. The molecule has 2 N–H and O–H groups in total. The van der Waals surface area contributed by atoms with Crippen molar-refractivity contribution >= 4 is 7.60 Å². The largest absolute Gasteiger partial charge is 0.493 e. The van der Waals surface area contributed by atoms with Gasteiger partial charge in [0.05, 0.1) is 12.8 Å². The zero-order chi connectivity index (χ0) is 16.0. The van der Waals surface area contributed by atoms with Crippen LogP contribution in [-0.2, 0) is 4.57 Å². The van der Waals surface area contributed by atoms with E-state index in [9.17, 15) is 4.57 Å². The fraction of sp³-hybridized carbons (Fsp3) is 0.647. The average molecular weight is 326 g/mol. The van der Waals surface area contributed by atoms with Gasteiger partial charge in [0.25, 0.3) is 0 Å². The van der Waals surface area contributed by atoms with Gasteiger partial charge in [-0.05, 0) is 55.2 Å². The molecule has 0 amide bonds. The van der Waals surface area contributed by atoms with E-state index in [0.717, 1.165) is 5.92 Å². The Bertz CT molecular complexity index is 486. The van der Waals surface area contributed by atoms with Gasteiger partial charge in [-0.15, -0.1) is 0 Å². The maximum absolute atomic E-state index is 10.8. The highest BCUT2D eigenvalue weighted by molar-refractivity contribution is 7.51. The molecule has 4 nitrogen and oxygen atoms in total. The second-order valence-corrected chi connectivity index (χ2v) is 8.09. The van der Waals surface area contributed by atoms with E-state index in [0.29, 0.717) is 11.7 Å². The highest BCUT2D eigenvalue weighted by Gasteiger charge is 2.21. The van der Waals surface area contributed by atoms with E-state index in [1.165, 1.54) is 44.1 Å². The van der Waals surface area contributed by atoms with Crippen LogP contribution in [0.15, 0.2) is 24.3 Å². The van der Waals surface area contributed by atoms with E-state index in [1.807, 2.05) is 12.1 Å². The second kappa shape index (κ2) is 8.14. The molecule has 1 saturated carbocycles. The molecule has 5 heteroatoms. The van der Waals surface area contributed by atoms with Gasteiger partial charge in [-0.2, -0.15) is 0 Å². The number of benzene rings is 1. The lowest BCUT2D eigenvalue weighted by molar-refractivity contribution is 0.307. The topological polar surface area (TPSA) is 66.8 Å². The summed E-state index contributed by atoms with van der Waals surface area (Å²) < 4.78 is 16.2. The zero-order valence-electron chi connectivity index (χ0n) is 13.3. The highest BCUT2D eigenvalue weighted by Crippen LogP contribution is 2.38. The van der Waals surface area contributed by atoms with Crippen molar-refractivity contribution in [1.29, 1.82) is 0 Å². The SMILES string of the molecule is CCCC1CCC(c2ccc(OCCP(=O)(O)O)cc2)CC1. The van der Waals surface area contributed by atoms with Crippen molar-refractivity contribution < 1.29 is 19.1 Å². The van der Waals surface area contributed by atoms with Gasteiger partial charge in [-0.25, -0.2) is 0 Å². The summed E-state index contributed by atoms with van der Waals surface area (Å²) in [5.74, 6) is 2.24. The average Bonchev–Trinajstić information content (AvgIpc) is 2.48. The predicted octanol–water partition coefficient (Wildman–Crippen LogP) is 4.32. The van der Waals surface area contributed by atoms with Gasteiger partial charge in [0.1, 0.15) is 5.75 Å². The Hall–Kier alpha value is -0.830. The zero-order valence-corrected chi connectivity index (χ0v) is 14.2. The van der Waals surface area contributed by atoms with Crippen LogP contribution in [0.2, 0.25) is 0 Å². The highest BCUT2D eigenvalue weighted by atomic mass is 31.2. The van der Waals surface area contributed by atoms with Gasteiger partial charge >= 0.3 is 7.60 Å². The van der Waals surface area contributed by atoms with Gasteiger partial charge < -0.3 is 14.5 Å². The molecule has 1 fully saturated rings. The molecule has 0 unspecified atom stereocenters. The Morgan fingerprint density at radius 1 is 1.14 bits per heavy atom. The molecule has 0 bridgehead atoms. The van der Waals surface area contributed by atoms with Crippen LogP contribution >= 0.6 is 7.60 Å². The first-order valence-electron chi connectivity index (χ1n) is 8.25. The minimum atomic E-state index is -3.97. The van der Waals surface area contributed by atoms with Crippen molar-refractivity contribution in [3.63, 3.8) is 0 Å². The Balaban J connectivity index is 1.81. The molecular formula is C17H27O4P. The Kier molecular flexibility index (Phi) is 6.49. The maximum atomic E-state index is 10.8. The summed E-state index contributed by atoms with van der Waals surface area (Å²) in [5.41, 5.74) is 1.36. The summed E-state index contributed by atoms with van der Waals surface area (Å²) in [6.07, 6.45) is 7.61. The fourth-order valence-electron chi connectivity index (χ4n) is 3.31. The van der Waals surface area contributed by atoms with Crippen molar-refractivity contribution in [1.82, 2.24) is 0 Å². The molecule has 1 aromatic carbocycles. The van der Waals surface area contributed by atoms with E-state index < -0.39 is 7.60 Å². The number of ether oxygens (including phenoxy) is 1. The van der Waals surface area contributed by atoms with Crippen LogP contribution in [0.4, 0.5) is 0 Å². The third kappa shape index (κ3) is 5.75. The van der Waals surface area contributed by atoms with E-state index in [4.69, 9.17) is 14.5 Å². The molecule has 1 aliphatic carbocycles. The number of hydrogen-bond acceptors (Lipinski definition) is 2. The number of hydrogen-bond donors (Lipinski definition) is 2. The first kappa shape index (κ1) is 17.5. The molecular weight excluding hydrogens is 299 g/mol. The minimum Gasteiger partial charge on any atom is -0.493 e. The molecule has 124 valence electrons. The molecule has 0 saturated heterocycles. The van der Waals surface area contributed by atoms with Gasteiger partial charge in [-0.3, -0.25) is 4.57 Å². The molecule has 0 aromatic heterocycles. The lowest BCUT2D eigenvalue weighted by atomic mass is 9.77. The van der Waals surface area contributed by atoms with E-state index in [-0.39, 0.29) is 12.8 Å². The summed E-state index contributed by atoms with van der Waals surface area (Å²) in [4.78, 5) is 17.6. The predicted molar refractivity (Wildman–Crippen MR) is 88.5 cm³/mol. The molecule has 0 radical (unpaired) electrons. The Labute approximate surface area is 133 Å². The lowest BCUT2D eigenvalue weighted by Gasteiger charge is -2.28. The van der Waals surface area contributed by atoms with Crippen LogP contribution < -0.4 is 4.74 Å². The summed E-state index contributed by atoms with van der Waals surface area (Å²) in [7, 11) is -3.97. The molecule has 1 aliphatic rings. The van der Waals surface area contributed by atoms with Gasteiger partial charge in [0.2, 0.25) is 0 Å². The van der Waals surface area contributed by atoms with E-state index in [2.05, 4.69) is 19.1 Å². The van der Waals surface area contributed by atoms with Crippen LogP contribution in [0, 0.1) is 5.92 Å². The Morgan fingerprint density at radius 2 is 1.77 bits per heavy atom. The van der Waals surface area contributed by atoms with Gasteiger partial charge in [-0.1, -0.05) is 31.9 Å². The smallest absolute Gasteiger partial charge is 0.328 e. The summed E-state index contributed by atoms with van der Waals surface area (Å²) in [6, 6.07) is 8.01. The van der Waals surface area contributed by atoms with Crippen molar-refractivity contribution in [2.75, 3.05) is 12.8 Å². The van der Waals surface area contributed by atoms with Crippen LogP contribution in [0.1, 0.15) is 56.9 Å². The van der Waals surface area contributed by atoms with Crippen LogP contribution in [0.25, 0.3) is 0 Å². The molecule has 0 aliphatic heterocycles. The summed E-state index contributed by atoms with van der Waals surface area (Å²) >= 11 is 0. The number of rotatable bonds is 7. The third-order valence-corrected chi connectivity index (χ3v) is 5.31. The van der Waals surface area contributed by atoms with Crippen LogP contribution in [0.3, 0.4) is 0 Å². The molecule has 2 rings (SSSR count). The maximum Gasteiger partial charge on any atom is 0.328 e. The van der Waals surface area contributed by atoms with Crippen molar-refractivity contribution in [3.05, 3.63) is 29.8 Å². The lowest BCUT2D eigenvalue weighted by Crippen LogP contribution is -2.13. The monoisotopic (exact) mass is 326 g/mol. The van der Waals surface area contributed by atoms with Crippen LogP contribution in [-0.4, -0.2) is 22.6 Å². The Morgan fingerprint density at radius 3 is 2.32 bits per heavy atom. The second-order valence-electron chi connectivity index (χ2n) is 6.31. The molecule has 0 spiro atoms. The normalized spacial score (nSPS) is 22.5. The van der Waals surface area contributed by atoms with Crippen LogP contribution in [0.5, 0.6) is 5.75 Å². The van der Waals surface area contributed by atoms with Gasteiger partial charge in [0.15, 0.2) is 0 Å². The van der Waals surface area contributed by atoms with E-state index >= 15 is 0 Å². The van der Waals surface area contributed by atoms with Crippen molar-refractivity contribution in [3.8, 4) is 5.75 Å². The molecule has 22 heavy (non-hydrogen) atoms. The summed E-state index contributed by atoms with van der Waals surface area (Å²) in [5, 5.41) is 0. The quantitative estimate of drug-likeness (QED) is 0.732.